The van der Waals surface area contributed by atoms with Gasteiger partial charge in [0.25, 0.3) is 15.9 Å². The van der Waals surface area contributed by atoms with E-state index < -0.39 is 10.0 Å². The first kappa shape index (κ1) is 23.3. The van der Waals surface area contributed by atoms with E-state index in [-0.39, 0.29) is 16.8 Å². The molecule has 32 heavy (non-hydrogen) atoms. The van der Waals surface area contributed by atoms with Gasteiger partial charge in [-0.05, 0) is 73.9 Å². The summed E-state index contributed by atoms with van der Waals surface area (Å²) in [4.78, 5) is 13.0. The van der Waals surface area contributed by atoms with Crippen molar-refractivity contribution >= 4 is 21.6 Å². The van der Waals surface area contributed by atoms with Crippen molar-refractivity contribution in [2.45, 2.75) is 38.1 Å². The van der Waals surface area contributed by atoms with Crippen molar-refractivity contribution in [3.8, 4) is 5.75 Å². The Morgan fingerprint density at radius 1 is 0.969 bits per heavy atom. The highest BCUT2D eigenvalue weighted by Crippen LogP contribution is 2.25. The zero-order valence-corrected chi connectivity index (χ0v) is 19.5. The molecule has 7 heteroatoms. The van der Waals surface area contributed by atoms with E-state index in [1.165, 1.54) is 0 Å². The molecule has 0 spiro atoms. The number of carbonyl (C=O) groups is 1. The fraction of sp³-hybridized carbons (Fsp3) is 0.240. The molecule has 2 N–H and O–H groups in total. The van der Waals surface area contributed by atoms with Crippen LogP contribution in [0.3, 0.4) is 0 Å². The maximum absolute atomic E-state index is 12.8. The van der Waals surface area contributed by atoms with Crippen molar-refractivity contribution < 1.29 is 17.9 Å². The van der Waals surface area contributed by atoms with E-state index in [1.54, 1.807) is 55.6 Å². The van der Waals surface area contributed by atoms with Crippen LogP contribution in [0, 0.1) is 13.8 Å². The Morgan fingerprint density at radius 3 is 2.19 bits per heavy atom. The van der Waals surface area contributed by atoms with Crippen molar-refractivity contribution in [2.75, 3.05) is 11.8 Å². The molecule has 0 aliphatic rings. The molecule has 0 saturated carbocycles. The molecule has 0 unspecified atom stereocenters. The summed E-state index contributed by atoms with van der Waals surface area (Å²) < 4.78 is 32.9. The van der Waals surface area contributed by atoms with Gasteiger partial charge in [-0.1, -0.05) is 36.8 Å². The van der Waals surface area contributed by atoms with E-state index in [2.05, 4.69) is 10.0 Å². The van der Waals surface area contributed by atoms with Crippen LogP contribution in [0.2, 0.25) is 0 Å². The minimum Gasteiger partial charge on any atom is -0.496 e. The summed E-state index contributed by atoms with van der Waals surface area (Å²) in [6.45, 7) is 5.87. The number of anilines is 1. The Bertz CT molecular complexity index is 1190. The normalized spacial score (nSPS) is 12.1. The number of benzene rings is 3. The van der Waals surface area contributed by atoms with Gasteiger partial charge in [0.1, 0.15) is 5.75 Å². The van der Waals surface area contributed by atoms with Crippen molar-refractivity contribution in [1.29, 1.82) is 0 Å². The second kappa shape index (κ2) is 9.87. The number of carbonyl (C=O) groups excluding carboxylic acids is 1. The second-order valence-corrected chi connectivity index (χ2v) is 9.34. The molecule has 0 aromatic heterocycles. The number of aryl methyl sites for hydroxylation is 2. The van der Waals surface area contributed by atoms with Gasteiger partial charge in [0.15, 0.2) is 0 Å². The lowest BCUT2D eigenvalue weighted by atomic mass is 10.0. The topological polar surface area (TPSA) is 84.5 Å². The van der Waals surface area contributed by atoms with Gasteiger partial charge in [-0.3, -0.25) is 9.52 Å². The van der Waals surface area contributed by atoms with Gasteiger partial charge in [0, 0.05) is 11.3 Å². The van der Waals surface area contributed by atoms with E-state index in [0.29, 0.717) is 11.3 Å². The molecule has 3 rings (SSSR count). The van der Waals surface area contributed by atoms with Crippen molar-refractivity contribution in [3.05, 3.63) is 89.0 Å². The first-order valence-electron chi connectivity index (χ1n) is 10.4. The summed E-state index contributed by atoms with van der Waals surface area (Å²) >= 11 is 0. The molecule has 0 saturated heterocycles. The van der Waals surface area contributed by atoms with Crippen LogP contribution in [0.1, 0.15) is 46.4 Å². The summed E-state index contributed by atoms with van der Waals surface area (Å²) in [6, 6.07) is 18.7. The van der Waals surface area contributed by atoms with Crippen LogP contribution >= 0.6 is 0 Å². The molecular weight excluding hydrogens is 424 g/mol. The number of rotatable bonds is 8. The van der Waals surface area contributed by atoms with Crippen LogP contribution in [0.4, 0.5) is 5.69 Å². The summed E-state index contributed by atoms with van der Waals surface area (Å²) in [6.07, 6.45) is 0.728. The molecule has 0 fully saturated rings. The molecular formula is C25H28N2O4S. The predicted molar refractivity (Wildman–Crippen MR) is 127 cm³/mol. The first-order valence-corrected chi connectivity index (χ1v) is 11.9. The van der Waals surface area contributed by atoms with Gasteiger partial charge in [-0.2, -0.15) is 0 Å². The average Bonchev–Trinajstić information content (AvgIpc) is 2.77. The summed E-state index contributed by atoms with van der Waals surface area (Å²) in [5, 5.41) is 3.04. The van der Waals surface area contributed by atoms with Gasteiger partial charge in [-0.25, -0.2) is 8.42 Å². The minimum atomic E-state index is -3.69. The van der Waals surface area contributed by atoms with Crippen molar-refractivity contribution in [1.82, 2.24) is 5.32 Å². The second-order valence-electron chi connectivity index (χ2n) is 7.66. The lowest BCUT2D eigenvalue weighted by Gasteiger charge is -2.19. The zero-order chi connectivity index (χ0) is 23.3. The quantitative estimate of drug-likeness (QED) is 0.504. The minimum absolute atomic E-state index is 0.146. The van der Waals surface area contributed by atoms with E-state index in [1.807, 2.05) is 39.0 Å². The molecule has 0 aliphatic heterocycles. The number of amides is 1. The van der Waals surface area contributed by atoms with Crippen molar-refractivity contribution in [2.24, 2.45) is 0 Å². The van der Waals surface area contributed by atoms with Crippen LogP contribution in [-0.2, 0) is 10.0 Å². The zero-order valence-electron chi connectivity index (χ0n) is 18.7. The third-order valence-corrected chi connectivity index (χ3v) is 6.66. The molecule has 1 amide bonds. The first-order chi connectivity index (χ1) is 15.2. The van der Waals surface area contributed by atoms with Gasteiger partial charge in [0.05, 0.1) is 18.0 Å². The standard InChI is InChI=1S/C25H28N2O4S/c1-5-23(20-10-15-24(31-4)18(3)16-20)26-25(28)19-8-11-21(12-9-19)27-32(29,30)22-13-6-17(2)7-14-22/h6-16,23,27H,5H2,1-4H3,(H,26,28)/t23-/m0/s1. The highest BCUT2D eigenvalue weighted by molar-refractivity contribution is 7.92. The maximum atomic E-state index is 12.8. The Labute approximate surface area is 189 Å². The molecule has 0 radical (unpaired) electrons. The van der Waals surface area contributed by atoms with E-state index in [0.717, 1.165) is 28.9 Å². The number of methoxy groups -OCH3 is 1. The fourth-order valence-electron chi connectivity index (χ4n) is 3.40. The highest BCUT2D eigenvalue weighted by Gasteiger charge is 2.17. The van der Waals surface area contributed by atoms with Gasteiger partial charge < -0.3 is 10.1 Å². The van der Waals surface area contributed by atoms with Crippen LogP contribution in [0.5, 0.6) is 5.75 Å². The third-order valence-electron chi connectivity index (χ3n) is 5.27. The molecule has 0 aliphatic carbocycles. The van der Waals surface area contributed by atoms with Gasteiger partial charge >= 0.3 is 0 Å². The van der Waals surface area contributed by atoms with Crippen LogP contribution < -0.4 is 14.8 Å². The largest absolute Gasteiger partial charge is 0.496 e. The smallest absolute Gasteiger partial charge is 0.261 e. The number of hydrogen-bond donors (Lipinski definition) is 2. The number of hydrogen-bond acceptors (Lipinski definition) is 4. The molecule has 3 aromatic rings. The molecule has 6 nitrogen and oxygen atoms in total. The number of nitrogens with one attached hydrogen (secondary N) is 2. The van der Waals surface area contributed by atoms with Gasteiger partial charge in [-0.15, -0.1) is 0 Å². The Hall–Kier alpha value is -3.32. The summed E-state index contributed by atoms with van der Waals surface area (Å²) in [5.74, 6) is 0.580. The highest BCUT2D eigenvalue weighted by atomic mass is 32.2. The molecule has 3 aromatic carbocycles. The van der Waals surface area contributed by atoms with E-state index in [4.69, 9.17) is 4.74 Å². The summed E-state index contributed by atoms with van der Waals surface area (Å²) in [5.41, 5.74) is 3.82. The SMILES string of the molecule is CC[C@H](NC(=O)c1ccc(NS(=O)(=O)c2ccc(C)cc2)cc1)c1ccc(OC)c(C)c1. The number of ether oxygens (including phenoxy) is 1. The Balaban J connectivity index is 1.70. The average molecular weight is 453 g/mol. The predicted octanol–water partition coefficient (Wildman–Crippen LogP) is 4.99. The van der Waals surface area contributed by atoms with Gasteiger partial charge in [0.2, 0.25) is 0 Å². The third kappa shape index (κ3) is 5.48. The monoisotopic (exact) mass is 452 g/mol. The lowest BCUT2D eigenvalue weighted by Crippen LogP contribution is -2.28. The fourth-order valence-corrected chi connectivity index (χ4v) is 4.46. The van der Waals surface area contributed by atoms with Crippen LogP contribution in [0.15, 0.2) is 71.6 Å². The Kier molecular flexibility index (Phi) is 7.20. The van der Waals surface area contributed by atoms with E-state index in [9.17, 15) is 13.2 Å². The molecule has 1 atom stereocenters. The summed E-state index contributed by atoms with van der Waals surface area (Å²) in [7, 11) is -2.06. The number of sulfonamides is 1. The molecule has 0 heterocycles. The lowest BCUT2D eigenvalue weighted by molar-refractivity contribution is 0.0935. The maximum Gasteiger partial charge on any atom is 0.261 e. The van der Waals surface area contributed by atoms with E-state index >= 15 is 0 Å². The van der Waals surface area contributed by atoms with Crippen LogP contribution in [0.25, 0.3) is 0 Å². The van der Waals surface area contributed by atoms with Crippen LogP contribution in [-0.4, -0.2) is 21.4 Å². The van der Waals surface area contributed by atoms with Crippen molar-refractivity contribution in [3.63, 3.8) is 0 Å². The molecule has 0 bridgehead atoms. The molecule has 168 valence electrons. The Morgan fingerprint density at radius 2 is 1.62 bits per heavy atom.